The van der Waals surface area contributed by atoms with Gasteiger partial charge in [0, 0.05) is 11.6 Å². The van der Waals surface area contributed by atoms with Crippen molar-refractivity contribution in [2.45, 2.75) is 66.3 Å². The van der Waals surface area contributed by atoms with Gasteiger partial charge in [-0.3, -0.25) is 14.9 Å². The van der Waals surface area contributed by atoms with Gasteiger partial charge in [0.2, 0.25) is 11.8 Å². The molecule has 0 spiro atoms. The lowest BCUT2D eigenvalue weighted by Gasteiger charge is -2.20. The highest BCUT2D eigenvalue weighted by Gasteiger charge is 2.27. The second-order valence-electron chi connectivity index (χ2n) is 10.8. The summed E-state index contributed by atoms with van der Waals surface area (Å²) in [6.07, 6.45) is 0.742. The van der Waals surface area contributed by atoms with Crippen LogP contribution in [0.1, 0.15) is 76.0 Å². The second-order valence-corrected chi connectivity index (χ2v) is 10.8. The van der Waals surface area contributed by atoms with Crippen LogP contribution in [0.2, 0.25) is 0 Å². The number of nitrogen functional groups attached to an aromatic ring is 1. The van der Waals surface area contributed by atoms with Crippen LogP contribution in [0.25, 0.3) is 11.3 Å². The number of nitrogens with two attached hydrogens (primary N) is 2. The first-order valence-corrected chi connectivity index (χ1v) is 11.2. The third-order valence-corrected chi connectivity index (χ3v) is 5.40. The predicted octanol–water partition coefficient (Wildman–Crippen LogP) is 4.31. The number of rotatable bonds is 6. The minimum absolute atomic E-state index is 0.0644. The molecule has 9 nitrogen and oxygen atoms in total. The van der Waals surface area contributed by atoms with Crippen LogP contribution in [0.3, 0.4) is 0 Å². The summed E-state index contributed by atoms with van der Waals surface area (Å²) in [6, 6.07) is 9.00. The van der Waals surface area contributed by atoms with E-state index in [2.05, 4.69) is 36.3 Å². The van der Waals surface area contributed by atoms with Crippen molar-refractivity contribution in [1.82, 2.24) is 14.9 Å². The number of nitrogens with zero attached hydrogens (tertiary/aromatic N) is 3. The summed E-state index contributed by atoms with van der Waals surface area (Å²) in [7, 11) is 0. The number of hydrogen-bond acceptors (Lipinski definition) is 6. The Labute approximate surface area is 199 Å². The molecule has 1 aromatic carbocycles. The Kier molecular flexibility index (Phi) is 6.59. The highest BCUT2D eigenvalue weighted by Crippen LogP contribution is 2.32. The third-order valence-electron chi connectivity index (χ3n) is 5.40. The smallest absolute Gasteiger partial charge is 0.254 e. The molecule has 0 aliphatic carbocycles. The molecule has 0 radical (unpaired) electrons. The Morgan fingerprint density at radius 2 is 1.74 bits per heavy atom. The molecule has 3 aromatic rings. The van der Waals surface area contributed by atoms with Crippen LogP contribution in [-0.2, 0) is 16.8 Å². The molecule has 1 unspecified atom stereocenters. The van der Waals surface area contributed by atoms with E-state index in [4.69, 9.17) is 16.0 Å². The molecule has 3 rings (SSSR count). The van der Waals surface area contributed by atoms with Gasteiger partial charge >= 0.3 is 0 Å². The fourth-order valence-electron chi connectivity index (χ4n) is 3.70. The summed E-state index contributed by atoms with van der Waals surface area (Å²) in [5, 5.41) is 11.4. The average molecular weight is 467 g/mol. The van der Waals surface area contributed by atoms with E-state index in [1.807, 2.05) is 32.9 Å². The second kappa shape index (κ2) is 8.96. The topological polar surface area (TPSA) is 142 Å². The van der Waals surface area contributed by atoms with E-state index in [0.29, 0.717) is 17.1 Å². The fourth-order valence-corrected chi connectivity index (χ4v) is 3.70. The monoisotopic (exact) mass is 466 g/mol. The maximum atomic E-state index is 12.8. The van der Waals surface area contributed by atoms with Crippen LogP contribution >= 0.6 is 0 Å². The molecule has 9 heteroatoms. The summed E-state index contributed by atoms with van der Waals surface area (Å²) in [6.45, 7) is 14.0. The molecule has 0 saturated heterocycles. The van der Waals surface area contributed by atoms with Gasteiger partial charge in [0.15, 0.2) is 0 Å². The third kappa shape index (κ3) is 5.47. The van der Waals surface area contributed by atoms with Gasteiger partial charge in [-0.25, -0.2) is 4.68 Å². The van der Waals surface area contributed by atoms with Crippen LogP contribution in [-0.4, -0.2) is 26.8 Å². The van der Waals surface area contributed by atoms with Crippen molar-refractivity contribution in [2.24, 2.45) is 11.1 Å². The van der Waals surface area contributed by atoms with Gasteiger partial charge in [0.25, 0.3) is 5.91 Å². The lowest BCUT2D eigenvalue weighted by Crippen LogP contribution is -2.25. The first-order chi connectivity index (χ1) is 15.7. The lowest BCUT2D eigenvalue weighted by molar-refractivity contribution is -0.117. The van der Waals surface area contributed by atoms with Crippen LogP contribution in [0.4, 0.5) is 11.7 Å². The Hall–Kier alpha value is -3.62. The predicted molar refractivity (Wildman–Crippen MR) is 132 cm³/mol. The molecule has 2 aromatic heterocycles. The number of carbonyl (C=O) groups is 2. The van der Waals surface area contributed by atoms with E-state index in [1.54, 1.807) is 29.8 Å². The minimum atomic E-state index is -0.641. The van der Waals surface area contributed by atoms with E-state index in [9.17, 15) is 9.59 Å². The zero-order valence-electron chi connectivity index (χ0n) is 20.9. The zero-order chi connectivity index (χ0) is 25.4. The lowest BCUT2D eigenvalue weighted by atomic mass is 9.91. The molecule has 2 amide bonds. The van der Waals surface area contributed by atoms with E-state index in [-0.39, 0.29) is 22.7 Å². The number of carbonyl (C=O) groups excluding carboxylic acids is 2. The van der Waals surface area contributed by atoms with Crippen molar-refractivity contribution in [3.05, 3.63) is 47.2 Å². The number of aromatic nitrogens is 3. The molecule has 2 heterocycles. The van der Waals surface area contributed by atoms with Crippen molar-refractivity contribution >= 4 is 23.5 Å². The van der Waals surface area contributed by atoms with Gasteiger partial charge in [-0.05, 0) is 45.1 Å². The molecular weight excluding hydrogens is 432 g/mol. The molecule has 1 atom stereocenters. The number of nitrogens with one attached hydrogen (secondary N) is 1. The minimum Gasteiger partial charge on any atom is -0.383 e. The van der Waals surface area contributed by atoms with Crippen molar-refractivity contribution in [2.75, 3.05) is 11.1 Å². The highest BCUT2D eigenvalue weighted by atomic mass is 16.5. The summed E-state index contributed by atoms with van der Waals surface area (Å²) >= 11 is 0. The van der Waals surface area contributed by atoms with E-state index < -0.39 is 17.4 Å². The maximum absolute atomic E-state index is 12.8. The first kappa shape index (κ1) is 25.0. The Bertz CT molecular complexity index is 1190. The van der Waals surface area contributed by atoms with Gasteiger partial charge in [0.05, 0.1) is 17.2 Å². The number of benzene rings is 1. The SMILES string of the molecule is CC(C(=O)Nc1cc(CC(C)(C)C)no1)c1ccc(-c2nn(C(C)(C)C)c(N)c2C(N)=O)cc1. The fraction of sp³-hybridized carbons (Fsp3) is 0.440. The summed E-state index contributed by atoms with van der Waals surface area (Å²) in [4.78, 5) is 24.9. The number of hydrogen-bond donors (Lipinski definition) is 3. The van der Waals surface area contributed by atoms with Crippen molar-refractivity contribution in [3.63, 3.8) is 0 Å². The van der Waals surface area contributed by atoms with Crippen LogP contribution in [0.15, 0.2) is 34.9 Å². The van der Waals surface area contributed by atoms with Crippen molar-refractivity contribution < 1.29 is 14.1 Å². The molecule has 5 N–H and O–H groups in total. The molecule has 0 bridgehead atoms. The normalized spacial score (nSPS) is 13.0. The van der Waals surface area contributed by atoms with Gasteiger partial charge in [-0.2, -0.15) is 5.10 Å². The van der Waals surface area contributed by atoms with E-state index >= 15 is 0 Å². The Morgan fingerprint density at radius 1 is 1.12 bits per heavy atom. The van der Waals surface area contributed by atoms with E-state index in [0.717, 1.165) is 17.7 Å². The molecule has 0 fully saturated rings. The highest BCUT2D eigenvalue weighted by molar-refractivity contribution is 6.03. The van der Waals surface area contributed by atoms with E-state index in [1.165, 1.54) is 0 Å². The number of primary amides is 1. The molecule has 0 aliphatic heterocycles. The molecule has 34 heavy (non-hydrogen) atoms. The van der Waals surface area contributed by atoms with Crippen molar-refractivity contribution in [1.29, 1.82) is 0 Å². The first-order valence-electron chi connectivity index (χ1n) is 11.2. The van der Waals surface area contributed by atoms with Gasteiger partial charge in [0.1, 0.15) is 17.1 Å². The summed E-state index contributed by atoms with van der Waals surface area (Å²) in [5.41, 5.74) is 14.3. The van der Waals surface area contributed by atoms with Gasteiger partial charge in [-0.15, -0.1) is 0 Å². The molecular formula is C25H34N6O3. The standard InChI is InChI=1S/C25H34N6O3/c1-14(23(33)28-18-12-17(30-34-18)13-24(2,3)4)15-8-10-16(11-9-15)20-19(22(27)32)21(26)31(29-20)25(5,6)7/h8-12,14H,13,26H2,1-7H3,(H2,27,32)(H,28,33). The Morgan fingerprint density at radius 3 is 2.26 bits per heavy atom. The molecule has 0 saturated carbocycles. The molecule has 182 valence electrons. The van der Waals surface area contributed by atoms with Crippen LogP contribution in [0, 0.1) is 5.41 Å². The quantitative estimate of drug-likeness (QED) is 0.494. The summed E-state index contributed by atoms with van der Waals surface area (Å²) in [5.74, 6) is -0.757. The van der Waals surface area contributed by atoms with Crippen molar-refractivity contribution in [3.8, 4) is 11.3 Å². The maximum Gasteiger partial charge on any atom is 0.254 e. The molecule has 0 aliphatic rings. The zero-order valence-corrected chi connectivity index (χ0v) is 20.9. The van der Waals surface area contributed by atoms with Crippen LogP contribution < -0.4 is 16.8 Å². The van der Waals surface area contributed by atoms with Gasteiger partial charge in [-0.1, -0.05) is 50.2 Å². The van der Waals surface area contributed by atoms with Gasteiger partial charge < -0.3 is 16.0 Å². The average Bonchev–Trinajstić information content (AvgIpc) is 3.29. The summed E-state index contributed by atoms with van der Waals surface area (Å²) < 4.78 is 6.87. The number of amides is 2. The van der Waals surface area contributed by atoms with Crippen LogP contribution in [0.5, 0.6) is 0 Å². The number of anilines is 2. The Balaban J connectivity index is 1.79. The largest absolute Gasteiger partial charge is 0.383 e.